The van der Waals surface area contributed by atoms with Crippen LogP contribution in [0.25, 0.3) is 0 Å². The molecular weight excluding hydrogens is 418 g/mol. The van der Waals surface area contributed by atoms with E-state index in [1.165, 1.54) is 0 Å². The number of amides is 3. The second kappa shape index (κ2) is 10.1. The van der Waals surface area contributed by atoms with Crippen molar-refractivity contribution in [2.75, 3.05) is 17.2 Å². The van der Waals surface area contributed by atoms with E-state index < -0.39 is 12.1 Å². The highest BCUT2D eigenvalue weighted by Crippen LogP contribution is 2.22. The fourth-order valence-electron chi connectivity index (χ4n) is 3.99. The SMILES string of the molecule is CC(C(=O)Nc1cccc(NC(=O)C2CCCN2C(=O)Cc2ccccc2)c1)n1cccn1. The number of likely N-dealkylation sites (tertiary alicyclic amines) is 1. The molecule has 0 spiro atoms. The Kier molecular flexibility index (Phi) is 6.83. The van der Waals surface area contributed by atoms with Gasteiger partial charge in [0.2, 0.25) is 17.7 Å². The minimum absolute atomic E-state index is 0.0486. The zero-order valence-corrected chi connectivity index (χ0v) is 18.5. The number of rotatable bonds is 7. The third kappa shape index (κ3) is 5.46. The van der Waals surface area contributed by atoms with E-state index in [0.29, 0.717) is 24.3 Å². The van der Waals surface area contributed by atoms with Crippen molar-refractivity contribution in [3.8, 4) is 0 Å². The van der Waals surface area contributed by atoms with E-state index in [2.05, 4.69) is 15.7 Å². The van der Waals surface area contributed by atoms with Gasteiger partial charge in [-0.2, -0.15) is 5.10 Å². The van der Waals surface area contributed by atoms with Crippen LogP contribution in [0.3, 0.4) is 0 Å². The van der Waals surface area contributed by atoms with E-state index in [1.807, 2.05) is 30.3 Å². The molecule has 0 radical (unpaired) electrons. The van der Waals surface area contributed by atoms with E-state index >= 15 is 0 Å². The molecule has 2 atom stereocenters. The van der Waals surface area contributed by atoms with Crippen LogP contribution in [0.1, 0.15) is 31.4 Å². The lowest BCUT2D eigenvalue weighted by atomic mass is 10.1. The van der Waals surface area contributed by atoms with Crippen molar-refractivity contribution in [2.45, 2.75) is 38.3 Å². The first-order valence-electron chi connectivity index (χ1n) is 11.1. The molecule has 3 amide bonds. The number of carbonyl (C=O) groups excluding carboxylic acids is 3. The zero-order valence-electron chi connectivity index (χ0n) is 18.5. The summed E-state index contributed by atoms with van der Waals surface area (Å²) in [4.78, 5) is 40.0. The maximum Gasteiger partial charge on any atom is 0.248 e. The average Bonchev–Trinajstić information content (AvgIpc) is 3.52. The summed E-state index contributed by atoms with van der Waals surface area (Å²) in [6.07, 6.45) is 5.05. The number of carbonyl (C=O) groups is 3. The molecule has 1 aliphatic rings. The topological polar surface area (TPSA) is 96.3 Å². The summed E-state index contributed by atoms with van der Waals surface area (Å²) >= 11 is 0. The molecule has 2 unspecified atom stereocenters. The second-order valence-electron chi connectivity index (χ2n) is 8.13. The highest BCUT2D eigenvalue weighted by atomic mass is 16.2. The first-order chi connectivity index (χ1) is 16.0. The van der Waals surface area contributed by atoms with Crippen LogP contribution in [0.15, 0.2) is 73.1 Å². The van der Waals surface area contributed by atoms with E-state index in [9.17, 15) is 14.4 Å². The van der Waals surface area contributed by atoms with Crippen LogP contribution < -0.4 is 10.6 Å². The number of nitrogens with zero attached hydrogens (tertiary/aromatic N) is 3. The molecule has 170 valence electrons. The Morgan fingerprint density at radius 2 is 1.79 bits per heavy atom. The molecule has 2 aromatic carbocycles. The lowest BCUT2D eigenvalue weighted by Gasteiger charge is -2.24. The van der Waals surface area contributed by atoms with Gasteiger partial charge >= 0.3 is 0 Å². The Morgan fingerprint density at radius 1 is 1.03 bits per heavy atom. The van der Waals surface area contributed by atoms with Gasteiger partial charge in [-0.3, -0.25) is 19.1 Å². The van der Waals surface area contributed by atoms with Crippen LogP contribution in [0.2, 0.25) is 0 Å². The molecule has 33 heavy (non-hydrogen) atoms. The summed E-state index contributed by atoms with van der Waals surface area (Å²) in [5, 5.41) is 9.85. The molecule has 1 saturated heterocycles. The van der Waals surface area contributed by atoms with Gasteiger partial charge in [-0.1, -0.05) is 36.4 Å². The van der Waals surface area contributed by atoms with Crippen LogP contribution in [0, 0.1) is 0 Å². The average molecular weight is 446 g/mol. The van der Waals surface area contributed by atoms with Gasteiger partial charge in [0.15, 0.2) is 0 Å². The van der Waals surface area contributed by atoms with Gasteiger partial charge in [0, 0.05) is 30.3 Å². The molecule has 1 aliphatic heterocycles. The number of hydrogen-bond donors (Lipinski definition) is 2. The molecule has 1 fully saturated rings. The monoisotopic (exact) mass is 445 g/mol. The minimum atomic E-state index is -0.501. The maximum atomic E-state index is 13.0. The zero-order chi connectivity index (χ0) is 23.2. The number of nitrogens with one attached hydrogen (secondary N) is 2. The molecule has 2 N–H and O–H groups in total. The summed E-state index contributed by atoms with van der Waals surface area (Å²) in [5.74, 6) is -0.481. The molecule has 8 heteroatoms. The largest absolute Gasteiger partial charge is 0.330 e. The van der Waals surface area contributed by atoms with Gasteiger partial charge in [0.05, 0.1) is 6.42 Å². The van der Waals surface area contributed by atoms with Crippen molar-refractivity contribution in [3.05, 3.63) is 78.6 Å². The van der Waals surface area contributed by atoms with E-state index in [-0.39, 0.29) is 24.1 Å². The first-order valence-corrected chi connectivity index (χ1v) is 11.1. The Morgan fingerprint density at radius 3 is 2.52 bits per heavy atom. The summed E-state index contributed by atoms with van der Waals surface area (Å²) < 4.78 is 1.57. The fraction of sp³-hybridized carbons (Fsp3) is 0.280. The van der Waals surface area contributed by atoms with E-state index in [4.69, 9.17) is 0 Å². The number of anilines is 2. The van der Waals surface area contributed by atoms with Gasteiger partial charge in [-0.25, -0.2) is 0 Å². The maximum absolute atomic E-state index is 13.0. The van der Waals surface area contributed by atoms with Crippen molar-refractivity contribution in [2.24, 2.45) is 0 Å². The summed E-state index contributed by atoms with van der Waals surface area (Å²) in [5.41, 5.74) is 2.06. The highest BCUT2D eigenvalue weighted by molar-refractivity contribution is 5.99. The van der Waals surface area contributed by atoms with Crippen molar-refractivity contribution >= 4 is 29.1 Å². The van der Waals surface area contributed by atoms with Gasteiger partial charge in [0.25, 0.3) is 0 Å². The highest BCUT2D eigenvalue weighted by Gasteiger charge is 2.34. The Labute approximate surface area is 192 Å². The predicted molar refractivity (Wildman–Crippen MR) is 126 cm³/mol. The summed E-state index contributed by atoms with van der Waals surface area (Å²) in [7, 11) is 0. The predicted octanol–water partition coefficient (Wildman–Crippen LogP) is 3.26. The standard InChI is InChI=1S/C25H27N5O3/c1-18(30-15-7-13-26-30)24(32)27-20-10-5-11-21(17-20)28-25(33)22-12-6-14-29(22)23(31)16-19-8-3-2-4-9-19/h2-5,7-11,13,15,17-18,22H,6,12,14,16H2,1H3,(H,27,32)(H,28,33). The molecular formula is C25H27N5O3. The number of benzene rings is 2. The molecule has 2 heterocycles. The molecule has 0 saturated carbocycles. The quantitative estimate of drug-likeness (QED) is 0.583. The van der Waals surface area contributed by atoms with Gasteiger partial charge < -0.3 is 15.5 Å². The number of aromatic nitrogens is 2. The smallest absolute Gasteiger partial charge is 0.248 e. The van der Waals surface area contributed by atoms with Crippen LogP contribution >= 0.6 is 0 Å². The van der Waals surface area contributed by atoms with Crippen molar-refractivity contribution in [3.63, 3.8) is 0 Å². The van der Waals surface area contributed by atoms with Crippen LogP contribution in [0.4, 0.5) is 11.4 Å². The molecule has 0 bridgehead atoms. The lowest BCUT2D eigenvalue weighted by molar-refractivity contribution is -0.136. The van der Waals surface area contributed by atoms with Gasteiger partial charge in [0.1, 0.15) is 12.1 Å². The van der Waals surface area contributed by atoms with E-state index in [1.54, 1.807) is 59.2 Å². The third-order valence-corrected chi connectivity index (χ3v) is 5.77. The molecule has 8 nitrogen and oxygen atoms in total. The third-order valence-electron chi connectivity index (χ3n) is 5.77. The van der Waals surface area contributed by atoms with Crippen LogP contribution in [0.5, 0.6) is 0 Å². The Bertz CT molecular complexity index is 1110. The van der Waals surface area contributed by atoms with Crippen LogP contribution in [-0.2, 0) is 20.8 Å². The van der Waals surface area contributed by atoms with Gasteiger partial charge in [-0.15, -0.1) is 0 Å². The summed E-state index contributed by atoms with van der Waals surface area (Å²) in [6.45, 7) is 2.33. The molecule has 3 aromatic rings. The Balaban J connectivity index is 1.37. The second-order valence-corrected chi connectivity index (χ2v) is 8.13. The Hall–Kier alpha value is -3.94. The molecule has 0 aliphatic carbocycles. The van der Waals surface area contributed by atoms with Crippen molar-refractivity contribution in [1.82, 2.24) is 14.7 Å². The number of hydrogen-bond acceptors (Lipinski definition) is 4. The molecule has 1 aromatic heterocycles. The fourth-order valence-corrected chi connectivity index (χ4v) is 3.99. The summed E-state index contributed by atoms with van der Waals surface area (Å²) in [6, 6.07) is 17.3. The van der Waals surface area contributed by atoms with Crippen LogP contribution in [-0.4, -0.2) is 45.0 Å². The first kappa shape index (κ1) is 22.3. The molecule has 4 rings (SSSR count). The minimum Gasteiger partial charge on any atom is -0.330 e. The van der Waals surface area contributed by atoms with Crippen molar-refractivity contribution in [1.29, 1.82) is 0 Å². The lowest BCUT2D eigenvalue weighted by Crippen LogP contribution is -2.43. The van der Waals surface area contributed by atoms with Gasteiger partial charge in [-0.05, 0) is 49.6 Å². The normalized spacial score (nSPS) is 16.3. The van der Waals surface area contributed by atoms with Crippen molar-refractivity contribution < 1.29 is 14.4 Å². The van der Waals surface area contributed by atoms with E-state index in [0.717, 1.165) is 12.0 Å².